The maximum absolute atomic E-state index is 12.3. The Labute approximate surface area is 121 Å². The number of thiophene rings is 1. The van der Waals surface area contributed by atoms with Gasteiger partial charge in [-0.05, 0) is 45.6 Å². The zero-order valence-corrected chi connectivity index (χ0v) is 13.2. The summed E-state index contributed by atoms with van der Waals surface area (Å²) in [6.07, 6.45) is 2.35. The van der Waals surface area contributed by atoms with Gasteiger partial charge in [-0.1, -0.05) is 0 Å². The van der Waals surface area contributed by atoms with Crippen LogP contribution in [-0.4, -0.2) is 15.1 Å². The van der Waals surface area contributed by atoms with Gasteiger partial charge in [-0.15, -0.1) is 16.1 Å². The fraction of sp³-hybridized carbons (Fsp3) is 0.615. The molecule has 2 rings (SSSR count). The van der Waals surface area contributed by atoms with Gasteiger partial charge in [0.05, 0.1) is 6.04 Å². The maximum atomic E-state index is 12.3. The fourth-order valence-corrected chi connectivity index (χ4v) is 3.79. The van der Waals surface area contributed by atoms with E-state index in [-0.39, 0.29) is 16.6 Å². The molecule has 4 N–H and O–H groups in total. The molecule has 0 saturated heterocycles. The summed E-state index contributed by atoms with van der Waals surface area (Å²) >= 11 is 0.511. The monoisotopic (exact) mass is 299 g/mol. The maximum Gasteiger partial charge on any atom is 0.136 e. The van der Waals surface area contributed by atoms with Gasteiger partial charge in [-0.25, -0.2) is 0 Å². The smallest absolute Gasteiger partial charge is 0.136 e. The third-order valence-corrected chi connectivity index (χ3v) is 5.72. The first-order chi connectivity index (χ1) is 8.79. The zero-order chi connectivity index (χ0) is 14.2. The minimum absolute atomic E-state index is 0.0917. The average Bonchev–Trinajstić information content (AvgIpc) is 3.00. The Balaban J connectivity index is 2.13. The van der Waals surface area contributed by atoms with Crippen molar-refractivity contribution in [2.45, 2.75) is 44.4 Å². The third kappa shape index (κ3) is 3.72. The van der Waals surface area contributed by atoms with Crippen molar-refractivity contribution in [2.24, 2.45) is 11.7 Å². The summed E-state index contributed by atoms with van der Waals surface area (Å²) in [5.41, 5.74) is 6.26. The van der Waals surface area contributed by atoms with E-state index in [0.717, 1.165) is 10.4 Å². The fourth-order valence-electron chi connectivity index (χ4n) is 1.77. The Morgan fingerprint density at radius 2 is 2.21 bits per heavy atom. The number of nitrogen functional groups attached to an aromatic ring is 1. The number of amidine groups is 1. The van der Waals surface area contributed by atoms with E-state index >= 15 is 0 Å². The van der Waals surface area contributed by atoms with Crippen LogP contribution in [0.4, 0.5) is 0 Å². The van der Waals surface area contributed by atoms with Gasteiger partial charge < -0.3 is 10.3 Å². The molecule has 1 aromatic rings. The molecule has 0 radical (unpaired) electrons. The van der Waals surface area contributed by atoms with Crippen molar-refractivity contribution in [2.75, 3.05) is 0 Å². The molecule has 1 fully saturated rings. The quantitative estimate of drug-likeness (QED) is 0.444. The van der Waals surface area contributed by atoms with E-state index in [1.165, 1.54) is 12.8 Å². The van der Waals surface area contributed by atoms with Crippen molar-refractivity contribution < 1.29 is 4.55 Å². The molecule has 0 amide bonds. The molecule has 0 aliphatic heterocycles. The number of hydrogen-bond donors (Lipinski definition) is 3. The highest BCUT2D eigenvalue weighted by molar-refractivity contribution is 7.90. The normalized spacial score (nSPS) is 19.2. The molecule has 4 nitrogen and oxygen atoms in total. The van der Waals surface area contributed by atoms with E-state index in [9.17, 15) is 4.55 Å². The lowest BCUT2D eigenvalue weighted by Crippen LogP contribution is -2.41. The van der Waals surface area contributed by atoms with Crippen LogP contribution in [0.15, 0.2) is 11.4 Å². The number of hydrogen-bond acceptors (Lipinski definition) is 4. The minimum atomic E-state index is -1.08. The largest absolute Gasteiger partial charge is 0.598 e. The minimum Gasteiger partial charge on any atom is -0.598 e. The highest BCUT2D eigenvalue weighted by atomic mass is 32.2. The first-order valence-corrected chi connectivity index (χ1v) is 8.43. The topological polar surface area (TPSA) is 85.0 Å². The van der Waals surface area contributed by atoms with Gasteiger partial charge in [0, 0.05) is 27.2 Å². The lowest BCUT2D eigenvalue weighted by atomic mass is 10.1. The molecule has 6 heteroatoms. The van der Waals surface area contributed by atoms with Gasteiger partial charge in [0.1, 0.15) is 10.6 Å². The van der Waals surface area contributed by atoms with Crippen molar-refractivity contribution in [3.8, 4) is 0 Å². The van der Waals surface area contributed by atoms with Crippen molar-refractivity contribution in [3.05, 3.63) is 21.9 Å². The van der Waals surface area contributed by atoms with Gasteiger partial charge in [-0.2, -0.15) is 0 Å². The second-order valence-corrected chi connectivity index (χ2v) is 8.91. The molecule has 1 aromatic heterocycles. The molecule has 1 heterocycles. The molecular formula is C13H21N3OS2. The SMILES string of the molecule is CC(C)(C)[S+]([O-])NC(c1cc(C(=N)N)cs1)C1CC1. The van der Waals surface area contributed by atoms with Gasteiger partial charge in [0.15, 0.2) is 0 Å². The first kappa shape index (κ1) is 14.8. The first-order valence-electron chi connectivity index (χ1n) is 6.40. The molecule has 0 aromatic carbocycles. The van der Waals surface area contributed by atoms with Crippen molar-refractivity contribution >= 4 is 28.5 Å². The van der Waals surface area contributed by atoms with Crippen molar-refractivity contribution in [1.82, 2.24) is 4.72 Å². The number of nitrogens with two attached hydrogens (primary N) is 1. The van der Waals surface area contributed by atoms with Crippen LogP contribution < -0.4 is 10.5 Å². The zero-order valence-electron chi connectivity index (χ0n) is 11.5. The summed E-state index contributed by atoms with van der Waals surface area (Å²) in [6.45, 7) is 5.90. The molecule has 2 unspecified atom stereocenters. The Morgan fingerprint density at radius 3 is 2.63 bits per heavy atom. The lowest BCUT2D eigenvalue weighted by Gasteiger charge is -2.27. The van der Waals surface area contributed by atoms with Crippen LogP contribution in [0.3, 0.4) is 0 Å². The van der Waals surface area contributed by atoms with Crippen LogP contribution in [0.5, 0.6) is 0 Å². The second kappa shape index (κ2) is 5.44. The standard InChI is InChI=1S/C13H21N3OS2/c1-13(2,3)19(17)16-11(8-4-5-8)10-6-9(7-18-10)12(14)15/h6-8,11,16H,4-5H2,1-3H3,(H3,14,15). The third-order valence-electron chi connectivity index (χ3n) is 3.12. The summed E-state index contributed by atoms with van der Waals surface area (Å²) in [4.78, 5) is 1.13. The lowest BCUT2D eigenvalue weighted by molar-refractivity contribution is 0.507. The predicted octanol–water partition coefficient (Wildman–Crippen LogP) is 2.54. The molecule has 106 valence electrons. The van der Waals surface area contributed by atoms with E-state index in [0.29, 0.717) is 5.92 Å². The molecule has 0 spiro atoms. The van der Waals surface area contributed by atoms with Crippen LogP contribution in [-0.2, 0) is 11.4 Å². The number of nitrogens with one attached hydrogen (secondary N) is 2. The Kier molecular flexibility index (Phi) is 4.25. The van der Waals surface area contributed by atoms with Crippen LogP contribution in [0.1, 0.15) is 50.1 Å². The van der Waals surface area contributed by atoms with Crippen molar-refractivity contribution in [3.63, 3.8) is 0 Å². The van der Waals surface area contributed by atoms with E-state index in [2.05, 4.69) is 4.72 Å². The van der Waals surface area contributed by atoms with Gasteiger partial charge >= 0.3 is 0 Å². The highest BCUT2D eigenvalue weighted by Gasteiger charge is 2.39. The van der Waals surface area contributed by atoms with E-state index in [1.807, 2.05) is 32.2 Å². The molecule has 19 heavy (non-hydrogen) atoms. The summed E-state index contributed by atoms with van der Waals surface area (Å²) in [5.74, 6) is 0.652. The Morgan fingerprint density at radius 1 is 1.58 bits per heavy atom. The summed E-state index contributed by atoms with van der Waals surface area (Å²) in [5, 5.41) is 9.36. The van der Waals surface area contributed by atoms with Gasteiger partial charge in [0.25, 0.3) is 0 Å². The van der Waals surface area contributed by atoms with E-state index in [4.69, 9.17) is 11.1 Å². The van der Waals surface area contributed by atoms with E-state index in [1.54, 1.807) is 11.3 Å². The predicted molar refractivity (Wildman–Crippen MR) is 81.8 cm³/mol. The van der Waals surface area contributed by atoms with Gasteiger partial charge in [-0.3, -0.25) is 5.41 Å². The summed E-state index contributed by atoms with van der Waals surface area (Å²) in [7, 11) is 0. The molecule has 1 aliphatic rings. The molecule has 0 bridgehead atoms. The van der Waals surface area contributed by atoms with Crippen LogP contribution in [0, 0.1) is 11.3 Å². The molecular weight excluding hydrogens is 278 g/mol. The second-order valence-electron chi connectivity index (χ2n) is 5.97. The Hall–Kier alpha value is -0.560. The molecule has 1 saturated carbocycles. The van der Waals surface area contributed by atoms with Crippen LogP contribution in [0.25, 0.3) is 0 Å². The highest BCUT2D eigenvalue weighted by Crippen LogP contribution is 2.43. The van der Waals surface area contributed by atoms with Crippen molar-refractivity contribution in [1.29, 1.82) is 5.41 Å². The Bertz CT molecular complexity index is 463. The summed E-state index contributed by atoms with van der Waals surface area (Å²) < 4.78 is 15.2. The van der Waals surface area contributed by atoms with E-state index < -0.39 is 11.4 Å². The molecule has 2 atom stereocenters. The molecule has 1 aliphatic carbocycles. The van der Waals surface area contributed by atoms with Gasteiger partial charge in [0.2, 0.25) is 0 Å². The summed E-state index contributed by atoms with van der Waals surface area (Å²) in [6, 6.07) is 2.07. The van der Waals surface area contributed by atoms with Crippen LogP contribution >= 0.6 is 11.3 Å². The number of rotatable bonds is 5. The van der Waals surface area contributed by atoms with Crippen LogP contribution in [0.2, 0.25) is 0 Å². The average molecular weight is 299 g/mol.